The first-order valence-electron chi connectivity index (χ1n) is 8.07. The number of carboxylic acid groups (broad SMARTS) is 1. The van der Waals surface area contributed by atoms with Crippen LogP contribution in [0, 0.1) is 11.8 Å². The van der Waals surface area contributed by atoms with Crippen molar-refractivity contribution in [1.29, 1.82) is 0 Å². The van der Waals surface area contributed by atoms with Gasteiger partial charge in [-0.05, 0) is 43.4 Å². The van der Waals surface area contributed by atoms with Crippen LogP contribution in [0.5, 0.6) is 0 Å². The van der Waals surface area contributed by atoms with E-state index < -0.39 is 5.97 Å². The molecule has 3 fully saturated rings. The first-order valence-corrected chi connectivity index (χ1v) is 8.07. The minimum atomic E-state index is -1.08. The standard InChI is InChI=1S/C18H22N2O3/c1-2-12-11-20-8-7-13(12)9-14(20)10-19-17(21)15-5-3-4-6-16(15)18(22)23/h2-6,12-14H,1,7-11H2,(H,19,21)(H,22,23)/t12-,13+,14-/m1/s1. The van der Waals surface area contributed by atoms with Crippen molar-refractivity contribution in [3.05, 3.63) is 48.0 Å². The SMILES string of the molecule is C=C[C@@H]1CN2CC[C@H]1C[C@@H]2CNC(=O)c1ccccc1C(=O)O. The molecule has 0 aliphatic carbocycles. The van der Waals surface area contributed by atoms with Gasteiger partial charge >= 0.3 is 5.97 Å². The topological polar surface area (TPSA) is 69.6 Å². The zero-order valence-electron chi connectivity index (χ0n) is 13.1. The van der Waals surface area contributed by atoms with Crippen LogP contribution in [-0.2, 0) is 0 Å². The molecule has 122 valence electrons. The molecule has 3 aliphatic heterocycles. The van der Waals surface area contributed by atoms with Crippen LogP contribution in [0.15, 0.2) is 36.9 Å². The summed E-state index contributed by atoms with van der Waals surface area (Å²) < 4.78 is 0. The monoisotopic (exact) mass is 314 g/mol. The number of hydrogen-bond donors (Lipinski definition) is 2. The maximum atomic E-state index is 12.3. The summed E-state index contributed by atoms with van der Waals surface area (Å²) in [6.45, 7) is 6.56. The van der Waals surface area contributed by atoms with E-state index in [-0.39, 0.29) is 17.0 Å². The highest BCUT2D eigenvalue weighted by atomic mass is 16.4. The molecule has 3 heterocycles. The van der Waals surface area contributed by atoms with Crippen molar-refractivity contribution in [3.63, 3.8) is 0 Å². The van der Waals surface area contributed by atoms with Crippen LogP contribution in [0.4, 0.5) is 0 Å². The number of amides is 1. The third kappa shape index (κ3) is 3.15. The molecule has 3 aliphatic rings. The van der Waals surface area contributed by atoms with Gasteiger partial charge in [0.25, 0.3) is 5.91 Å². The second-order valence-corrected chi connectivity index (χ2v) is 6.39. The fraction of sp³-hybridized carbons (Fsp3) is 0.444. The van der Waals surface area contributed by atoms with E-state index in [0.29, 0.717) is 24.4 Å². The molecule has 1 amide bonds. The van der Waals surface area contributed by atoms with E-state index in [0.717, 1.165) is 19.5 Å². The summed E-state index contributed by atoms with van der Waals surface area (Å²) in [6.07, 6.45) is 4.31. The van der Waals surface area contributed by atoms with E-state index in [2.05, 4.69) is 22.9 Å². The van der Waals surface area contributed by atoms with Crippen LogP contribution in [-0.4, -0.2) is 47.6 Å². The summed E-state index contributed by atoms with van der Waals surface area (Å²) in [6, 6.07) is 6.66. The van der Waals surface area contributed by atoms with Gasteiger partial charge in [0.1, 0.15) is 0 Å². The van der Waals surface area contributed by atoms with Gasteiger partial charge in [0.05, 0.1) is 11.1 Å². The van der Waals surface area contributed by atoms with Crippen molar-refractivity contribution >= 4 is 11.9 Å². The molecule has 4 rings (SSSR count). The average Bonchev–Trinajstić information content (AvgIpc) is 2.60. The smallest absolute Gasteiger partial charge is 0.336 e. The summed E-state index contributed by atoms with van der Waals surface area (Å²) >= 11 is 0. The number of benzene rings is 1. The Labute approximate surface area is 136 Å². The van der Waals surface area contributed by atoms with Crippen molar-refractivity contribution in [2.45, 2.75) is 18.9 Å². The van der Waals surface area contributed by atoms with E-state index in [1.54, 1.807) is 18.2 Å². The molecule has 1 unspecified atom stereocenters. The van der Waals surface area contributed by atoms with E-state index in [9.17, 15) is 14.7 Å². The molecule has 5 heteroatoms. The number of carbonyl (C=O) groups excluding carboxylic acids is 1. The third-order valence-corrected chi connectivity index (χ3v) is 5.13. The van der Waals surface area contributed by atoms with E-state index in [1.807, 2.05) is 0 Å². The molecule has 1 aromatic rings. The van der Waals surface area contributed by atoms with Gasteiger partial charge in [0, 0.05) is 19.1 Å². The number of nitrogens with one attached hydrogen (secondary N) is 1. The lowest BCUT2D eigenvalue weighted by atomic mass is 9.75. The van der Waals surface area contributed by atoms with E-state index >= 15 is 0 Å². The van der Waals surface area contributed by atoms with Crippen molar-refractivity contribution < 1.29 is 14.7 Å². The van der Waals surface area contributed by atoms with Gasteiger partial charge in [0.2, 0.25) is 0 Å². The van der Waals surface area contributed by atoms with Crippen LogP contribution < -0.4 is 5.32 Å². The number of rotatable bonds is 5. The quantitative estimate of drug-likeness (QED) is 0.816. The first kappa shape index (κ1) is 15.7. The zero-order valence-corrected chi connectivity index (χ0v) is 13.1. The first-order chi connectivity index (χ1) is 11.1. The van der Waals surface area contributed by atoms with Gasteiger partial charge in [0.15, 0.2) is 0 Å². The van der Waals surface area contributed by atoms with Crippen LogP contribution in [0.2, 0.25) is 0 Å². The fourth-order valence-corrected chi connectivity index (χ4v) is 3.83. The Hall–Kier alpha value is -2.14. The third-order valence-electron chi connectivity index (χ3n) is 5.13. The highest BCUT2D eigenvalue weighted by molar-refractivity contribution is 6.04. The summed E-state index contributed by atoms with van der Waals surface area (Å²) in [7, 11) is 0. The minimum Gasteiger partial charge on any atom is -0.478 e. The molecule has 0 aromatic heterocycles. The van der Waals surface area contributed by atoms with Gasteiger partial charge in [-0.2, -0.15) is 0 Å². The van der Waals surface area contributed by atoms with Crippen LogP contribution in [0.25, 0.3) is 0 Å². The number of carboxylic acids is 1. The minimum absolute atomic E-state index is 0.0437. The lowest BCUT2D eigenvalue weighted by molar-refractivity contribution is 0.0195. The van der Waals surface area contributed by atoms with Crippen LogP contribution >= 0.6 is 0 Å². The van der Waals surface area contributed by atoms with E-state index in [4.69, 9.17) is 0 Å². The summed E-state index contributed by atoms with van der Waals surface area (Å²) in [5, 5.41) is 12.1. The molecule has 1 aromatic carbocycles. The average molecular weight is 314 g/mol. The van der Waals surface area contributed by atoms with Crippen molar-refractivity contribution in [3.8, 4) is 0 Å². The fourth-order valence-electron chi connectivity index (χ4n) is 3.83. The largest absolute Gasteiger partial charge is 0.478 e. The summed E-state index contributed by atoms with van der Waals surface area (Å²) in [5.74, 6) is -0.176. The van der Waals surface area contributed by atoms with Crippen molar-refractivity contribution in [1.82, 2.24) is 10.2 Å². The van der Waals surface area contributed by atoms with Gasteiger partial charge in [-0.3, -0.25) is 9.69 Å². The normalized spacial score (nSPS) is 29.0. The Bertz CT molecular complexity index is 628. The van der Waals surface area contributed by atoms with E-state index in [1.165, 1.54) is 12.5 Å². The molecule has 2 bridgehead atoms. The second-order valence-electron chi connectivity index (χ2n) is 6.39. The van der Waals surface area contributed by atoms with Crippen molar-refractivity contribution in [2.75, 3.05) is 19.6 Å². The Kier molecular flexibility index (Phi) is 4.48. The van der Waals surface area contributed by atoms with Crippen LogP contribution in [0.1, 0.15) is 33.6 Å². The van der Waals surface area contributed by atoms with Gasteiger partial charge in [-0.25, -0.2) is 4.79 Å². The highest BCUT2D eigenvalue weighted by Crippen LogP contribution is 2.36. The lowest BCUT2D eigenvalue weighted by Crippen LogP contribution is -2.56. The number of hydrogen-bond acceptors (Lipinski definition) is 3. The maximum Gasteiger partial charge on any atom is 0.336 e. The Morgan fingerprint density at radius 1 is 1.35 bits per heavy atom. The lowest BCUT2D eigenvalue weighted by Gasteiger charge is -2.49. The van der Waals surface area contributed by atoms with Gasteiger partial charge in [-0.15, -0.1) is 6.58 Å². The molecule has 0 saturated carbocycles. The molecule has 2 N–H and O–H groups in total. The number of fused-ring (bicyclic) bond motifs is 3. The van der Waals surface area contributed by atoms with Gasteiger partial charge in [-0.1, -0.05) is 18.2 Å². The molecule has 0 radical (unpaired) electrons. The zero-order chi connectivity index (χ0) is 16.4. The Morgan fingerprint density at radius 3 is 2.70 bits per heavy atom. The molecule has 4 atom stereocenters. The maximum absolute atomic E-state index is 12.3. The summed E-state index contributed by atoms with van der Waals surface area (Å²) in [5.41, 5.74) is 0.266. The Balaban J connectivity index is 1.62. The molecular weight excluding hydrogens is 292 g/mol. The van der Waals surface area contributed by atoms with Crippen LogP contribution in [0.3, 0.4) is 0 Å². The highest BCUT2D eigenvalue weighted by Gasteiger charge is 2.38. The number of piperidine rings is 3. The summed E-state index contributed by atoms with van der Waals surface area (Å²) in [4.78, 5) is 26.0. The second kappa shape index (κ2) is 6.54. The molecule has 23 heavy (non-hydrogen) atoms. The number of aromatic carboxylic acids is 1. The molecule has 3 saturated heterocycles. The molecular formula is C18H22N2O3. The Morgan fingerprint density at radius 2 is 2.09 bits per heavy atom. The van der Waals surface area contributed by atoms with Gasteiger partial charge < -0.3 is 10.4 Å². The number of carbonyl (C=O) groups is 2. The van der Waals surface area contributed by atoms with Crippen molar-refractivity contribution in [2.24, 2.45) is 11.8 Å². The number of nitrogens with zero attached hydrogens (tertiary/aromatic N) is 1. The molecule has 5 nitrogen and oxygen atoms in total. The predicted molar refractivity (Wildman–Crippen MR) is 87.5 cm³/mol. The predicted octanol–water partition coefficient (Wildman–Crippen LogP) is 2.01. The molecule has 0 spiro atoms.